The molecule has 0 aliphatic heterocycles. The van der Waals surface area contributed by atoms with Gasteiger partial charge in [0, 0.05) is 24.0 Å². The Morgan fingerprint density at radius 1 is 0.844 bits per heavy atom. The number of benzene rings is 4. The van der Waals surface area contributed by atoms with E-state index >= 15 is 0 Å². The van der Waals surface area contributed by atoms with Crippen LogP contribution in [0.25, 0.3) is 0 Å². The lowest BCUT2D eigenvalue weighted by Crippen LogP contribution is -2.54. The van der Waals surface area contributed by atoms with Crippen molar-refractivity contribution >= 4 is 39.1 Å². The third kappa shape index (κ3) is 8.74. The van der Waals surface area contributed by atoms with Crippen molar-refractivity contribution in [3.8, 4) is 0 Å². The highest BCUT2D eigenvalue weighted by Gasteiger charge is 2.35. The highest BCUT2D eigenvalue weighted by Crippen LogP contribution is 2.30. The molecule has 0 bridgehead atoms. The van der Waals surface area contributed by atoms with Crippen molar-refractivity contribution in [3.63, 3.8) is 0 Å². The summed E-state index contributed by atoms with van der Waals surface area (Å²) in [5.41, 5.74) is 3.53. The normalized spacial score (nSPS) is 12.6. The molecule has 0 aliphatic carbocycles. The average Bonchev–Trinajstić information content (AvgIpc) is 3.02. The largest absolute Gasteiger partial charge is 0.352 e. The van der Waals surface area contributed by atoms with Gasteiger partial charge in [0.25, 0.3) is 10.0 Å². The summed E-state index contributed by atoms with van der Waals surface area (Å²) in [5.74, 6) is -0.808. The van der Waals surface area contributed by atoms with Gasteiger partial charge in [-0.3, -0.25) is 13.9 Å². The maximum atomic E-state index is 14.5. The van der Waals surface area contributed by atoms with E-state index in [-0.39, 0.29) is 29.8 Å². The smallest absolute Gasteiger partial charge is 0.264 e. The van der Waals surface area contributed by atoms with Crippen LogP contribution in [0.3, 0.4) is 0 Å². The molecule has 2 amide bonds. The first-order valence-corrected chi connectivity index (χ1v) is 16.8. The molecule has 0 heterocycles. The topological polar surface area (TPSA) is 86.8 Å². The van der Waals surface area contributed by atoms with Gasteiger partial charge in [0.2, 0.25) is 11.8 Å². The van der Waals surface area contributed by atoms with Gasteiger partial charge in [-0.05, 0) is 74.2 Å². The third-order valence-corrected chi connectivity index (χ3v) is 9.79. The van der Waals surface area contributed by atoms with Crippen LogP contribution in [0.1, 0.15) is 42.5 Å². The number of carbonyl (C=O) groups is 2. The predicted octanol–water partition coefficient (Wildman–Crippen LogP) is 6.71. The number of nitrogens with one attached hydrogen (secondary N) is 1. The van der Waals surface area contributed by atoms with E-state index in [1.807, 2.05) is 81.4 Å². The minimum Gasteiger partial charge on any atom is -0.352 e. The first-order chi connectivity index (χ1) is 21.5. The number of anilines is 1. The number of halogens is 1. The molecule has 0 unspecified atom stereocenters. The molecule has 9 heteroatoms. The Hall–Kier alpha value is -4.14. The Bertz CT molecular complexity index is 1700. The molecule has 4 aromatic carbocycles. The first-order valence-electron chi connectivity index (χ1n) is 15.0. The third-order valence-electron chi connectivity index (χ3n) is 7.78. The SMILES string of the molecule is CC[C@@H](C)NC(=O)[C@@H](Cc1ccccc1)N(Cc1ccccc1)C(=O)CN(c1ccc(Cl)cc1C)S(=O)(=O)c1ccc(C)cc1. The van der Waals surface area contributed by atoms with Crippen LogP contribution in [-0.4, -0.2) is 43.8 Å². The minimum atomic E-state index is -4.19. The number of sulfonamides is 1. The van der Waals surface area contributed by atoms with E-state index in [0.717, 1.165) is 27.4 Å². The number of nitrogens with zero attached hydrogens (tertiary/aromatic N) is 2. The quantitative estimate of drug-likeness (QED) is 0.175. The van der Waals surface area contributed by atoms with Gasteiger partial charge in [-0.25, -0.2) is 8.42 Å². The van der Waals surface area contributed by atoms with E-state index in [9.17, 15) is 18.0 Å². The molecule has 4 aromatic rings. The lowest BCUT2D eigenvalue weighted by atomic mass is 10.0. The molecule has 45 heavy (non-hydrogen) atoms. The van der Waals surface area contributed by atoms with Crippen molar-refractivity contribution in [2.75, 3.05) is 10.8 Å². The fourth-order valence-corrected chi connectivity index (χ4v) is 6.73. The Morgan fingerprint density at radius 2 is 1.44 bits per heavy atom. The summed E-state index contributed by atoms with van der Waals surface area (Å²) in [4.78, 5) is 30.0. The van der Waals surface area contributed by atoms with E-state index in [0.29, 0.717) is 16.3 Å². The van der Waals surface area contributed by atoms with Crippen LogP contribution in [0.5, 0.6) is 0 Å². The minimum absolute atomic E-state index is 0.0557. The van der Waals surface area contributed by atoms with Gasteiger partial charge in [-0.2, -0.15) is 0 Å². The van der Waals surface area contributed by atoms with Gasteiger partial charge >= 0.3 is 0 Å². The van der Waals surface area contributed by atoms with Gasteiger partial charge in [0.05, 0.1) is 10.6 Å². The molecule has 4 rings (SSSR count). The van der Waals surface area contributed by atoms with E-state index in [1.165, 1.54) is 17.0 Å². The molecular weight excluding hydrogens is 606 g/mol. The van der Waals surface area contributed by atoms with Crippen molar-refractivity contribution in [2.45, 2.75) is 64.1 Å². The molecule has 236 valence electrons. The zero-order valence-electron chi connectivity index (χ0n) is 26.1. The molecule has 0 aliphatic rings. The number of amides is 2. The summed E-state index contributed by atoms with van der Waals surface area (Å²) in [7, 11) is -4.19. The molecule has 0 saturated carbocycles. The lowest BCUT2D eigenvalue weighted by Gasteiger charge is -2.34. The molecule has 1 N–H and O–H groups in total. The second kappa shape index (κ2) is 15.2. The summed E-state index contributed by atoms with van der Waals surface area (Å²) < 4.78 is 29.6. The van der Waals surface area contributed by atoms with Crippen molar-refractivity contribution in [1.82, 2.24) is 10.2 Å². The summed E-state index contributed by atoms with van der Waals surface area (Å²) in [6, 6.07) is 29.3. The second-order valence-electron chi connectivity index (χ2n) is 11.3. The summed E-state index contributed by atoms with van der Waals surface area (Å²) in [6.07, 6.45) is 0.973. The monoisotopic (exact) mass is 645 g/mol. The number of aryl methyl sites for hydroxylation is 2. The van der Waals surface area contributed by atoms with Crippen LogP contribution in [-0.2, 0) is 32.6 Å². The van der Waals surface area contributed by atoms with E-state index in [1.54, 1.807) is 37.3 Å². The summed E-state index contributed by atoms with van der Waals surface area (Å²) >= 11 is 6.24. The fraction of sp³-hybridized carbons (Fsp3) is 0.278. The second-order valence-corrected chi connectivity index (χ2v) is 13.6. The standard InChI is InChI=1S/C36H40ClN3O4S/c1-5-28(4)38-36(42)34(23-29-12-8-6-9-13-29)39(24-30-14-10-7-11-15-30)35(41)25-40(33-21-18-31(37)22-27(33)3)45(43,44)32-19-16-26(2)17-20-32/h6-22,28,34H,5,23-25H2,1-4H3,(H,38,42)/t28-,34-/m1/s1. The number of carbonyl (C=O) groups excluding carboxylic acids is 2. The van der Waals surface area contributed by atoms with Gasteiger partial charge in [0.1, 0.15) is 12.6 Å². The Labute approximate surface area is 271 Å². The molecule has 0 saturated heterocycles. The summed E-state index contributed by atoms with van der Waals surface area (Å²) in [6.45, 7) is 7.12. The van der Waals surface area contributed by atoms with E-state index in [4.69, 9.17) is 11.6 Å². The molecule has 0 radical (unpaired) electrons. The number of hydrogen-bond acceptors (Lipinski definition) is 4. The molecule has 0 spiro atoms. The van der Waals surface area contributed by atoms with Gasteiger partial charge in [-0.1, -0.05) is 96.9 Å². The molecule has 0 aromatic heterocycles. The van der Waals surface area contributed by atoms with Crippen LogP contribution in [0.15, 0.2) is 108 Å². The Kier molecular flexibility index (Phi) is 11.4. The van der Waals surface area contributed by atoms with Crippen LogP contribution < -0.4 is 9.62 Å². The van der Waals surface area contributed by atoms with Crippen molar-refractivity contribution in [3.05, 3.63) is 130 Å². The lowest BCUT2D eigenvalue weighted by molar-refractivity contribution is -0.140. The van der Waals surface area contributed by atoms with Gasteiger partial charge < -0.3 is 10.2 Å². The van der Waals surface area contributed by atoms with Crippen molar-refractivity contribution in [2.24, 2.45) is 0 Å². The van der Waals surface area contributed by atoms with E-state index in [2.05, 4.69) is 5.32 Å². The highest BCUT2D eigenvalue weighted by atomic mass is 35.5. The van der Waals surface area contributed by atoms with E-state index < -0.39 is 28.5 Å². The first kappa shape index (κ1) is 33.7. The van der Waals surface area contributed by atoms with Crippen LogP contribution in [0, 0.1) is 13.8 Å². The highest BCUT2D eigenvalue weighted by molar-refractivity contribution is 7.92. The van der Waals surface area contributed by atoms with Crippen LogP contribution in [0.2, 0.25) is 5.02 Å². The maximum absolute atomic E-state index is 14.5. The van der Waals surface area contributed by atoms with Crippen molar-refractivity contribution < 1.29 is 18.0 Å². The summed E-state index contributed by atoms with van der Waals surface area (Å²) in [5, 5.41) is 3.50. The average molecular weight is 646 g/mol. The van der Waals surface area contributed by atoms with Crippen molar-refractivity contribution in [1.29, 1.82) is 0 Å². The molecule has 7 nitrogen and oxygen atoms in total. The zero-order chi connectivity index (χ0) is 32.6. The Morgan fingerprint density at radius 3 is 2.02 bits per heavy atom. The maximum Gasteiger partial charge on any atom is 0.264 e. The molecule has 0 fully saturated rings. The zero-order valence-corrected chi connectivity index (χ0v) is 27.7. The van der Waals surface area contributed by atoms with Crippen LogP contribution in [0.4, 0.5) is 5.69 Å². The number of hydrogen-bond donors (Lipinski definition) is 1. The van der Waals surface area contributed by atoms with Crippen LogP contribution >= 0.6 is 11.6 Å². The molecule has 2 atom stereocenters. The molecular formula is C36H40ClN3O4S. The van der Waals surface area contributed by atoms with Gasteiger partial charge in [-0.15, -0.1) is 0 Å². The Balaban J connectivity index is 1.82. The fourth-order valence-electron chi connectivity index (χ4n) is 5.02. The van der Waals surface area contributed by atoms with Gasteiger partial charge in [0.15, 0.2) is 0 Å². The number of rotatable bonds is 13. The predicted molar refractivity (Wildman–Crippen MR) is 181 cm³/mol.